The molecule has 0 unspecified atom stereocenters. The van der Waals surface area contributed by atoms with Crippen molar-refractivity contribution in [1.29, 1.82) is 0 Å². The highest BCUT2D eigenvalue weighted by molar-refractivity contribution is 5.94. The molecule has 1 fully saturated rings. The summed E-state index contributed by atoms with van der Waals surface area (Å²) >= 11 is 0. The van der Waals surface area contributed by atoms with E-state index in [2.05, 4.69) is 40.3 Å². The standard InChI is InChI=1S/C24H26N4O/c25-23-11-9-20(16-27-23)22-10-8-21(17-26-22)24(29)28-14-12-19(13-15-28)7-6-18-4-2-1-3-5-18/h1-5,8-11,16-17,19H,6-7,12-15H2,(H2,25,27). The number of likely N-dealkylation sites (tertiary alicyclic amines) is 1. The van der Waals surface area contributed by atoms with Crippen LogP contribution in [0.15, 0.2) is 67.0 Å². The van der Waals surface area contributed by atoms with Crippen LogP contribution < -0.4 is 5.73 Å². The molecule has 5 nitrogen and oxygen atoms in total. The second-order valence-electron chi connectivity index (χ2n) is 7.66. The predicted molar refractivity (Wildman–Crippen MR) is 115 cm³/mol. The molecule has 1 aliphatic heterocycles. The number of pyridine rings is 2. The third-order valence-corrected chi connectivity index (χ3v) is 5.68. The number of aryl methyl sites for hydroxylation is 1. The van der Waals surface area contributed by atoms with Crippen molar-refractivity contribution in [3.8, 4) is 11.3 Å². The molecule has 0 radical (unpaired) electrons. The van der Waals surface area contributed by atoms with Crippen LogP contribution in [0.1, 0.15) is 35.2 Å². The minimum atomic E-state index is 0.0704. The summed E-state index contributed by atoms with van der Waals surface area (Å²) in [5.74, 6) is 1.24. The molecule has 0 atom stereocenters. The molecular weight excluding hydrogens is 360 g/mol. The van der Waals surface area contributed by atoms with E-state index in [1.54, 1.807) is 18.5 Å². The van der Waals surface area contributed by atoms with Crippen LogP contribution in [0.25, 0.3) is 11.3 Å². The van der Waals surface area contributed by atoms with Crippen molar-refractivity contribution >= 4 is 11.7 Å². The Morgan fingerprint density at radius 3 is 2.41 bits per heavy atom. The zero-order valence-corrected chi connectivity index (χ0v) is 16.5. The number of nitrogen functional groups attached to an aromatic ring is 1. The molecule has 1 aromatic carbocycles. The molecule has 0 aliphatic carbocycles. The Morgan fingerprint density at radius 2 is 1.76 bits per heavy atom. The van der Waals surface area contributed by atoms with E-state index < -0.39 is 0 Å². The molecule has 0 bridgehead atoms. The van der Waals surface area contributed by atoms with Crippen molar-refractivity contribution in [3.05, 3.63) is 78.1 Å². The molecule has 0 spiro atoms. The quantitative estimate of drug-likeness (QED) is 0.713. The van der Waals surface area contributed by atoms with Crippen molar-refractivity contribution in [2.24, 2.45) is 5.92 Å². The number of aromatic nitrogens is 2. The number of hydrogen-bond donors (Lipinski definition) is 1. The van der Waals surface area contributed by atoms with Crippen LogP contribution in [0.5, 0.6) is 0 Å². The Hall–Kier alpha value is -3.21. The lowest BCUT2D eigenvalue weighted by Crippen LogP contribution is -2.38. The first kappa shape index (κ1) is 19.1. The molecule has 1 aliphatic rings. The Bertz CT molecular complexity index is 931. The molecule has 3 aromatic rings. The molecule has 3 heterocycles. The second-order valence-corrected chi connectivity index (χ2v) is 7.66. The van der Waals surface area contributed by atoms with Crippen LogP contribution in [-0.2, 0) is 6.42 Å². The van der Waals surface area contributed by atoms with E-state index in [0.29, 0.717) is 17.3 Å². The second kappa shape index (κ2) is 8.86. The molecule has 4 rings (SSSR count). The Morgan fingerprint density at radius 1 is 0.966 bits per heavy atom. The van der Waals surface area contributed by atoms with Gasteiger partial charge < -0.3 is 10.6 Å². The number of hydrogen-bond acceptors (Lipinski definition) is 4. The summed E-state index contributed by atoms with van der Waals surface area (Å²) in [6, 6.07) is 18.0. The van der Waals surface area contributed by atoms with Crippen LogP contribution in [0.4, 0.5) is 5.82 Å². The lowest BCUT2D eigenvalue weighted by atomic mass is 9.90. The first-order valence-electron chi connectivity index (χ1n) is 10.2. The maximum absolute atomic E-state index is 12.8. The van der Waals surface area contributed by atoms with Gasteiger partial charge in [-0.25, -0.2) is 4.98 Å². The highest BCUT2D eigenvalue weighted by Gasteiger charge is 2.23. The van der Waals surface area contributed by atoms with E-state index in [4.69, 9.17) is 5.73 Å². The first-order valence-corrected chi connectivity index (χ1v) is 10.2. The fraction of sp³-hybridized carbons (Fsp3) is 0.292. The number of piperidine rings is 1. The van der Waals surface area contributed by atoms with Crippen LogP contribution in [-0.4, -0.2) is 33.9 Å². The molecule has 5 heteroatoms. The number of anilines is 1. The lowest BCUT2D eigenvalue weighted by molar-refractivity contribution is 0.0686. The highest BCUT2D eigenvalue weighted by atomic mass is 16.2. The van der Waals surface area contributed by atoms with E-state index in [1.807, 2.05) is 23.1 Å². The van der Waals surface area contributed by atoms with Crippen LogP contribution in [0.2, 0.25) is 0 Å². The number of amides is 1. The first-order chi connectivity index (χ1) is 14.2. The van der Waals surface area contributed by atoms with Gasteiger partial charge in [0.05, 0.1) is 11.3 Å². The fourth-order valence-corrected chi connectivity index (χ4v) is 3.87. The summed E-state index contributed by atoms with van der Waals surface area (Å²) in [6.07, 6.45) is 7.81. The zero-order valence-electron chi connectivity index (χ0n) is 16.5. The van der Waals surface area contributed by atoms with Crippen LogP contribution in [0.3, 0.4) is 0 Å². The maximum Gasteiger partial charge on any atom is 0.255 e. The van der Waals surface area contributed by atoms with Gasteiger partial charge in [-0.2, -0.15) is 0 Å². The van der Waals surface area contributed by atoms with Gasteiger partial charge in [-0.05, 0) is 61.4 Å². The normalized spacial score (nSPS) is 14.7. The Kier molecular flexibility index (Phi) is 5.84. The maximum atomic E-state index is 12.8. The van der Waals surface area contributed by atoms with Crippen molar-refractivity contribution in [1.82, 2.24) is 14.9 Å². The van der Waals surface area contributed by atoms with Crippen molar-refractivity contribution < 1.29 is 4.79 Å². The van der Waals surface area contributed by atoms with E-state index in [1.165, 1.54) is 12.0 Å². The van der Waals surface area contributed by atoms with Gasteiger partial charge in [0, 0.05) is 31.0 Å². The summed E-state index contributed by atoms with van der Waals surface area (Å²) in [5.41, 5.74) is 9.34. The summed E-state index contributed by atoms with van der Waals surface area (Å²) in [4.78, 5) is 23.3. The van der Waals surface area contributed by atoms with Crippen molar-refractivity contribution in [2.45, 2.75) is 25.7 Å². The number of nitrogens with zero attached hydrogens (tertiary/aromatic N) is 3. The SMILES string of the molecule is Nc1ccc(-c2ccc(C(=O)N3CCC(CCc4ccccc4)CC3)cn2)cn1. The minimum Gasteiger partial charge on any atom is -0.384 e. The van der Waals surface area contributed by atoms with Gasteiger partial charge in [0.1, 0.15) is 5.82 Å². The van der Waals surface area contributed by atoms with Gasteiger partial charge in [-0.3, -0.25) is 9.78 Å². The van der Waals surface area contributed by atoms with Crippen molar-refractivity contribution in [3.63, 3.8) is 0 Å². The molecule has 2 N–H and O–H groups in total. The van der Waals surface area contributed by atoms with E-state index in [0.717, 1.165) is 43.6 Å². The van der Waals surface area contributed by atoms with E-state index >= 15 is 0 Å². The minimum absolute atomic E-state index is 0.0704. The monoisotopic (exact) mass is 386 g/mol. The number of carbonyl (C=O) groups excluding carboxylic acids is 1. The molecule has 2 aromatic heterocycles. The highest BCUT2D eigenvalue weighted by Crippen LogP contribution is 2.24. The summed E-state index contributed by atoms with van der Waals surface area (Å²) in [7, 11) is 0. The average Bonchev–Trinajstić information content (AvgIpc) is 2.79. The van der Waals surface area contributed by atoms with Gasteiger partial charge in [-0.1, -0.05) is 30.3 Å². The Labute approximate surface area is 171 Å². The number of benzene rings is 1. The smallest absolute Gasteiger partial charge is 0.255 e. The summed E-state index contributed by atoms with van der Waals surface area (Å²) < 4.78 is 0. The van der Waals surface area contributed by atoms with Gasteiger partial charge in [-0.15, -0.1) is 0 Å². The van der Waals surface area contributed by atoms with Gasteiger partial charge in [0.25, 0.3) is 5.91 Å². The topological polar surface area (TPSA) is 72.1 Å². The molecule has 29 heavy (non-hydrogen) atoms. The molecule has 1 saturated heterocycles. The largest absolute Gasteiger partial charge is 0.384 e. The van der Waals surface area contributed by atoms with E-state index in [9.17, 15) is 4.79 Å². The summed E-state index contributed by atoms with van der Waals surface area (Å²) in [6.45, 7) is 1.64. The molecule has 1 amide bonds. The van der Waals surface area contributed by atoms with Crippen LogP contribution >= 0.6 is 0 Å². The molecule has 148 valence electrons. The van der Waals surface area contributed by atoms with Crippen LogP contribution in [0, 0.1) is 5.92 Å². The number of rotatable bonds is 5. The Balaban J connectivity index is 1.30. The summed E-state index contributed by atoms with van der Waals surface area (Å²) in [5, 5.41) is 0. The fourth-order valence-electron chi connectivity index (χ4n) is 3.87. The number of carbonyl (C=O) groups is 1. The predicted octanol–water partition coefficient (Wildman–Crippen LogP) is 4.21. The molecular formula is C24H26N4O. The number of nitrogens with two attached hydrogens (primary N) is 1. The van der Waals surface area contributed by atoms with Gasteiger partial charge in [0.15, 0.2) is 0 Å². The zero-order chi connectivity index (χ0) is 20.1. The third-order valence-electron chi connectivity index (χ3n) is 5.68. The van der Waals surface area contributed by atoms with Crippen molar-refractivity contribution in [2.75, 3.05) is 18.8 Å². The molecule has 0 saturated carbocycles. The van der Waals surface area contributed by atoms with Gasteiger partial charge in [0.2, 0.25) is 0 Å². The van der Waals surface area contributed by atoms with E-state index in [-0.39, 0.29) is 5.91 Å². The average molecular weight is 386 g/mol. The lowest BCUT2D eigenvalue weighted by Gasteiger charge is -2.32. The third kappa shape index (κ3) is 4.80. The van der Waals surface area contributed by atoms with Gasteiger partial charge >= 0.3 is 0 Å².